The Morgan fingerprint density at radius 3 is 2.25 bits per heavy atom. The fourth-order valence-electron chi connectivity index (χ4n) is 1.65. The van der Waals surface area contributed by atoms with Crippen molar-refractivity contribution >= 4 is 0 Å². The highest BCUT2D eigenvalue weighted by Gasteiger charge is 2.08. The molecule has 0 radical (unpaired) electrons. The number of rotatable bonds is 2. The van der Waals surface area contributed by atoms with Crippen LogP contribution in [-0.4, -0.2) is 0 Å². The van der Waals surface area contributed by atoms with Gasteiger partial charge in [-0.15, -0.1) is 0 Å². The Bertz CT molecular complexity index is 487. The Morgan fingerprint density at radius 1 is 0.938 bits per heavy atom. The predicted octanol–water partition coefficient (Wildman–Crippen LogP) is 4.19. The summed E-state index contributed by atoms with van der Waals surface area (Å²) in [6.45, 7) is 2.05. The van der Waals surface area contributed by atoms with Crippen LogP contribution in [0.2, 0.25) is 0 Å². The highest BCUT2D eigenvalue weighted by atomic mass is 19.2. The lowest BCUT2D eigenvalue weighted by Crippen LogP contribution is -1.89. The van der Waals surface area contributed by atoms with Crippen LogP contribution < -0.4 is 0 Å². The van der Waals surface area contributed by atoms with Crippen LogP contribution in [0.5, 0.6) is 0 Å². The Hall–Kier alpha value is -1.70. The van der Waals surface area contributed by atoms with Crippen molar-refractivity contribution in [3.05, 3.63) is 59.7 Å². The molecule has 0 amide bonds. The number of benzene rings is 2. The zero-order valence-corrected chi connectivity index (χ0v) is 9.00. The normalized spacial score (nSPS) is 10.4. The summed E-state index contributed by atoms with van der Waals surface area (Å²) < 4.78 is 26.5. The first-order chi connectivity index (χ1) is 7.72. The van der Waals surface area contributed by atoms with Crippen molar-refractivity contribution in [2.45, 2.75) is 13.3 Å². The van der Waals surface area contributed by atoms with E-state index in [4.69, 9.17) is 0 Å². The number of halogens is 2. The molecular weight excluding hydrogens is 206 g/mol. The summed E-state index contributed by atoms with van der Waals surface area (Å²) in [5.74, 6) is -1.59. The molecule has 0 atom stereocenters. The Labute approximate surface area is 93.5 Å². The predicted molar refractivity (Wildman–Crippen MR) is 61.2 cm³/mol. The summed E-state index contributed by atoms with van der Waals surface area (Å²) in [6.07, 6.45) is 0.936. The summed E-state index contributed by atoms with van der Waals surface area (Å²) in [6, 6.07) is 11.7. The van der Waals surface area contributed by atoms with Crippen LogP contribution in [0.15, 0.2) is 42.5 Å². The molecule has 2 heteroatoms. The van der Waals surface area contributed by atoms with E-state index < -0.39 is 11.6 Å². The first kappa shape index (κ1) is 10.8. The number of hydrogen-bond donors (Lipinski definition) is 0. The molecule has 0 fully saturated rings. The van der Waals surface area contributed by atoms with Gasteiger partial charge in [0.25, 0.3) is 0 Å². The second-order valence-corrected chi connectivity index (χ2v) is 3.65. The van der Waals surface area contributed by atoms with Crippen molar-refractivity contribution in [3.8, 4) is 11.1 Å². The molecule has 0 unspecified atom stereocenters. The summed E-state index contributed by atoms with van der Waals surface area (Å²) in [5.41, 5.74) is 2.19. The van der Waals surface area contributed by atoms with Crippen molar-refractivity contribution in [1.29, 1.82) is 0 Å². The van der Waals surface area contributed by atoms with Crippen molar-refractivity contribution in [2.24, 2.45) is 0 Å². The van der Waals surface area contributed by atoms with E-state index in [1.807, 2.05) is 24.3 Å². The molecule has 0 aliphatic heterocycles. The topological polar surface area (TPSA) is 0 Å². The first-order valence-corrected chi connectivity index (χ1v) is 5.25. The van der Waals surface area contributed by atoms with Gasteiger partial charge in [0.15, 0.2) is 11.6 Å². The molecule has 82 valence electrons. The van der Waals surface area contributed by atoms with Gasteiger partial charge in [-0.3, -0.25) is 0 Å². The van der Waals surface area contributed by atoms with E-state index in [-0.39, 0.29) is 0 Å². The van der Waals surface area contributed by atoms with Gasteiger partial charge < -0.3 is 0 Å². The van der Waals surface area contributed by atoms with Crippen molar-refractivity contribution in [1.82, 2.24) is 0 Å². The lowest BCUT2D eigenvalue weighted by molar-refractivity contribution is 0.511. The largest absolute Gasteiger partial charge is 0.204 e. The summed E-state index contributed by atoms with van der Waals surface area (Å²) >= 11 is 0. The molecule has 0 aliphatic rings. The van der Waals surface area contributed by atoms with Gasteiger partial charge in [-0.2, -0.15) is 0 Å². The van der Waals surface area contributed by atoms with Gasteiger partial charge in [-0.1, -0.05) is 43.3 Å². The van der Waals surface area contributed by atoms with Crippen molar-refractivity contribution in [2.75, 3.05) is 0 Å². The molecule has 0 aromatic heterocycles. The van der Waals surface area contributed by atoms with E-state index in [1.165, 1.54) is 11.6 Å². The van der Waals surface area contributed by atoms with E-state index in [0.29, 0.717) is 11.1 Å². The first-order valence-electron chi connectivity index (χ1n) is 5.25. The molecule has 2 rings (SSSR count). The van der Waals surface area contributed by atoms with Crippen LogP contribution in [-0.2, 0) is 6.42 Å². The number of hydrogen-bond acceptors (Lipinski definition) is 0. The molecule has 0 spiro atoms. The van der Waals surface area contributed by atoms with Crippen molar-refractivity contribution < 1.29 is 8.78 Å². The van der Waals surface area contributed by atoms with Crippen LogP contribution in [0.25, 0.3) is 11.1 Å². The standard InChI is InChI=1S/C14H12F2/c1-2-10-6-8-11(9-7-10)12-4-3-5-13(15)14(12)16/h3-9H,2H2,1H3. The highest BCUT2D eigenvalue weighted by Crippen LogP contribution is 2.24. The Morgan fingerprint density at radius 2 is 1.62 bits per heavy atom. The quantitative estimate of drug-likeness (QED) is 0.708. The minimum absolute atomic E-state index is 0.308. The summed E-state index contributed by atoms with van der Waals surface area (Å²) in [4.78, 5) is 0. The maximum atomic E-state index is 13.5. The van der Waals surface area contributed by atoms with Crippen LogP contribution in [0.4, 0.5) is 8.78 Å². The lowest BCUT2D eigenvalue weighted by Gasteiger charge is -2.05. The van der Waals surface area contributed by atoms with Crippen LogP contribution in [0, 0.1) is 11.6 Å². The van der Waals surface area contributed by atoms with E-state index in [0.717, 1.165) is 12.5 Å². The lowest BCUT2D eigenvalue weighted by atomic mass is 10.0. The maximum Gasteiger partial charge on any atom is 0.166 e. The van der Waals surface area contributed by atoms with Crippen LogP contribution in [0.3, 0.4) is 0 Å². The molecule has 0 heterocycles. The van der Waals surface area contributed by atoms with Gasteiger partial charge in [-0.05, 0) is 23.6 Å². The van der Waals surface area contributed by atoms with Crippen LogP contribution in [0.1, 0.15) is 12.5 Å². The average Bonchev–Trinajstić information content (AvgIpc) is 2.33. The third kappa shape index (κ3) is 1.96. The second-order valence-electron chi connectivity index (χ2n) is 3.65. The SMILES string of the molecule is CCc1ccc(-c2cccc(F)c2F)cc1. The van der Waals surface area contributed by atoms with Gasteiger partial charge in [0, 0.05) is 5.56 Å². The van der Waals surface area contributed by atoms with Gasteiger partial charge in [0.05, 0.1) is 0 Å². The average molecular weight is 218 g/mol. The zero-order chi connectivity index (χ0) is 11.5. The monoisotopic (exact) mass is 218 g/mol. The minimum Gasteiger partial charge on any atom is -0.204 e. The van der Waals surface area contributed by atoms with E-state index in [9.17, 15) is 8.78 Å². The third-order valence-electron chi connectivity index (χ3n) is 2.62. The van der Waals surface area contributed by atoms with Crippen LogP contribution >= 0.6 is 0 Å². The molecule has 2 aromatic carbocycles. The molecule has 0 bridgehead atoms. The molecular formula is C14H12F2. The molecule has 0 N–H and O–H groups in total. The summed E-state index contributed by atoms with van der Waals surface area (Å²) in [5, 5.41) is 0. The molecule has 0 nitrogen and oxygen atoms in total. The van der Waals surface area contributed by atoms with Gasteiger partial charge in [0.1, 0.15) is 0 Å². The molecule has 2 aromatic rings. The molecule has 16 heavy (non-hydrogen) atoms. The van der Waals surface area contributed by atoms with E-state index in [2.05, 4.69) is 6.92 Å². The van der Waals surface area contributed by atoms with E-state index in [1.54, 1.807) is 6.07 Å². The molecule has 0 saturated heterocycles. The Balaban J connectivity index is 2.46. The van der Waals surface area contributed by atoms with Gasteiger partial charge in [-0.25, -0.2) is 8.78 Å². The smallest absolute Gasteiger partial charge is 0.166 e. The molecule has 0 saturated carbocycles. The van der Waals surface area contributed by atoms with Gasteiger partial charge in [0.2, 0.25) is 0 Å². The third-order valence-corrected chi connectivity index (χ3v) is 2.62. The fraction of sp³-hybridized carbons (Fsp3) is 0.143. The minimum atomic E-state index is -0.808. The maximum absolute atomic E-state index is 13.5. The number of aryl methyl sites for hydroxylation is 1. The fourth-order valence-corrected chi connectivity index (χ4v) is 1.65. The zero-order valence-electron chi connectivity index (χ0n) is 9.00. The van der Waals surface area contributed by atoms with Gasteiger partial charge >= 0.3 is 0 Å². The molecule has 0 aliphatic carbocycles. The highest BCUT2D eigenvalue weighted by molar-refractivity contribution is 5.64. The summed E-state index contributed by atoms with van der Waals surface area (Å²) in [7, 11) is 0. The Kier molecular flexibility index (Phi) is 3.00. The van der Waals surface area contributed by atoms with Crippen molar-refractivity contribution in [3.63, 3.8) is 0 Å². The van der Waals surface area contributed by atoms with E-state index >= 15 is 0 Å². The second kappa shape index (κ2) is 4.44.